The molecular formula is C17H23NO2S. The van der Waals surface area contributed by atoms with Crippen molar-refractivity contribution in [2.75, 3.05) is 19.8 Å². The van der Waals surface area contributed by atoms with Crippen molar-refractivity contribution >= 4 is 23.3 Å². The number of likely N-dealkylation sites (tertiary alicyclic amines) is 1. The van der Waals surface area contributed by atoms with Crippen LogP contribution in [0, 0.1) is 5.92 Å². The molecule has 1 atom stereocenters. The maximum Gasteiger partial charge on any atom is 0.223 e. The Kier molecular flexibility index (Phi) is 5.09. The highest BCUT2D eigenvalue weighted by atomic mass is 32.1. The minimum Gasteiger partial charge on any atom is -0.381 e. The van der Waals surface area contributed by atoms with Gasteiger partial charge in [0.25, 0.3) is 0 Å². The zero-order valence-electron chi connectivity index (χ0n) is 12.4. The molecule has 1 aromatic rings. The zero-order chi connectivity index (χ0) is 14.5. The fraction of sp³-hybridized carbons (Fsp3) is 0.588. The number of amides is 1. The maximum absolute atomic E-state index is 12.5. The van der Waals surface area contributed by atoms with E-state index in [-0.39, 0.29) is 0 Å². The summed E-state index contributed by atoms with van der Waals surface area (Å²) in [5.41, 5.74) is 0. The molecule has 0 aliphatic carbocycles. The first-order chi connectivity index (χ1) is 10.3. The van der Waals surface area contributed by atoms with Crippen LogP contribution in [0.1, 0.15) is 37.0 Å². The van der Waals surface area contributed by atoms with Gasteiger partial charge >= 0.3 is 0 Å². The Balaban J connectivity index is 1.56. The lowest BCUT2D eigenvalue weighted by molar-refractivity contribution is -0.132. The quantitative estimate of drug-likeness (QED) is 0.851. The predicted molar refractivity (Wildman–Crippen MR) is 86.2 cm³/mol. The minimum atomic E-state index is 0.291. The van der Waals surface area contributed by atoms with E-state index in [1.807, 2.05) is 0 Å². The normalized spacial score (nSPS) is 24.0. The molecule has 0 N–H and O–H groups in total. The summed E-state index contributed by atoms with van der Waals surface area (Å²) >= 11 is 1.74. The number of nitrogens with zero attached hydrogens (tertiary/aromatic N) is 1. The van der Waals surface area contributed by atoms with Crippen LogP contribution in [0.25, 0.3) is 6.08 Å². The topological polar surface area (TPSA) is 29.5 Å². The lowest BCUT2D eigenvalue weighted by Crippen LogP contribution is -2.36. The summed E-state index contributed by atoms with van der Waals surface area (Å²) in [6.45, 7) is 2.56. The highest BCUT2D eigenvalue weighted by Gasteiger charge is 2.28. The van der Waals surface area contributed by atoms with E-state index in [4.69, 9.17) is 4.74 Å². The molecule has 0 aromatic carbocycles. The van der Waals surface area contributed by atoms with Crippen LogP contribution < -0.4 is 0 Å². The first kappa shape index (κ1) is 14.8. The summed E-state index contributed by atoms with van der Waals surface area (Å²) in [6.07, 6.45) is 9.37. The van der Waals surface area contributed by atoms with Gasteiger partial charge in [-0.3, -0.25) is 4.79 Å². The molecule has 1 amide bonds. The van der Waals surface area contributed by atoms with Crippen LogP contribution in [0.4, 0.5) is 0 Å². The summed E-state index contributed by atoms with van der Waals surface area (Å²) in [5.74, 6) is 0.856. The van der Waals surface area contributed by atoms with Crippen molar-refractivity contribution in [2.24, 2.45) is 5.92 Å². The van der Waals surface area contributed by atoms with Gasteiger partial charge in [-0.15, -0.1) is 11.3 Å². The Labute approximate surface area is 130 Å². The number of rotatable bonds is 4. The molecule has 3 nitrogen and oxygen atoms in total. The summed E-state index contributed by atoms with van der Waals surface area (Å²) in [6, 6.07) is 4.47. The molecule has 21 heavy (non-hydrogen) atoms. The zero-order valence-corrected chi connectivity index (χ0v) is 13.2. The van der Waals surface area contributed by atoms with E-state index in [9.17, 15) is 4.79 Å². The molecule has 2 aliphatic rings. The van der Waals surface area contributed by atoms with E-state index in [0.717, 1.165) is 45.4 Å². The number of carbonyl (C=O) groups is 1. The SMILES string of the molecule is O=C(CC1CCOCC1)N1CCCC1/C=C/c1cccs1. The number of hydrogen-bond acceptors (Lipinski definition) is 3. The largest absolute Gasteiger partial charge is 0.381 e. The molecule has 0 saturated carbocycles. The molecule has 2 saturated heterocycles. The average molecular weight is 305 g/mol. The van der Waals surface area contributed by atoms with E-state index < -0.39 is 0 Å². The van der Waals surface area contributed by atoms with Crippen molar-refractivity contribution in [3.05, 3.63) is 28.5 Å². The molecule has 0 bridgehead atoms. The van der Waals surface area contributed by atoms with Gasteiger partial charge in [0.2, 0.25) is 5.91 Å². The van der Waals surface area contributed by atoms with E-state index in [1.165, 1.54) is 4.88 Å². The van der Waals surface area contributed by atoms with E-state index in [2.05, 4.69) is 34.6 Å². The Morgan fingerprint density at radius 1 is 1.38 bits per heavy atom. The highest BCUT2D eigenvalue weighted by Crippen LogP contribution is 2.25. The molecule has 0 radical (unpaired) electrons. The fourth-order valence-electron chi connectivity index (χ4n) is 3.21. The van der Waals surface area contributed by atoms with Gasteiger partial charge in [0.15, 0.2) is 0 Å². The highest BCUT2D eigenvalue weighted by molar-refractivity contribution is 7.10. The molecule has 3 heterocycles. The van der Waals surface area contributed by atoms with Crippen molar-refractivity contribution in [2.45, 2.75) is 38.1 Å². The second kappa shape index (κ2) is 7.23. The van der Waals surface area contributed by atoms with Crippen LogP contribution in [0.15, 0.2) is 23.6 Å². The van der Waals surface area contributed by atoms with Crippen LogP contribution >= 0.6 is 11.3 Å². The predicted octanol–water partition coefficient (Wildman–Crippen LogP) is 3.57. The Bertz CT molecular complexity index is 477. The lowest BCUT2D eigenvalue weighted by atomic mass is 9.96. The Hall–Kier alpha value is -1.13. The van der Waals surface area contributed by atoms with Crippen molar-refractivity contribution in [1.82, 2.24) is 4.90 Å². The van der Waals surface area contributed by atoms with Gasteiger partial charge in [-0.05, 0) is 49.1 Å². The van der Waals surface area contributed by atoms with E-state index in [0.29, 0.717) is 24.3 Å². The number of thiophene rings is 1. The molecule has 1 unspecified atom stereocenters. The minimum absolute atomic E-state index is 0.291. The van der Waals surface area contributed by atoms with Gasteiger partial charge in [0, 0.05) is 31.1 Å². The van der Waals surface area contributed by atoms with Crippen LogP contribution in [0.2, 0.25) is 0 Å². The van der Waals surface area contributed by atoms with Crippen molar-refractivity contribution in [3.8, 4) is 0 Å². The van der Waals surface area contributed by atoms with Crippen molar-refractivity contribution in [1.29, 1.82) is 0 Å². The molecule has 3 rings (SSSR count). The third-order valence-corrected chi connectivity index (χ3v) is 5.29. The second-order valence-corrected chi connectivity index (χ2v) is 6.91. The van der Waals surface area contributed by atoms with Gasteiger partial charge in [0.1, 0.15) is 0 Å². The summed E-state index contributed by atoms with van der Waals surface area (Å²) in [5, 5.41) is 2.09. The molecule has 1 aromatic heterocycles. The first-order valence-electron chi connectivity index (χ1n) is 7.92. The molecule has 0 spiro atoms. The Morgan fingerprint density at radius 3 is 3.00 bits per heavy atom. The Morgan fingerprint density at radius 2 is 2.24 bits per heavy atom. The van der Waals surface area contributed by atoms with Crippen LogP contribution in [-0.2, 0) is 9.53 Å². The molecular weight excluding hydrogens is 282 g/mol. The second-order valence-electron chi connectivity index (χ2n) is 5.93. The number of carbonyl (C=O) groups excluding carboxylic acids is 1. The molecule has 4 heteroatoms. The standard InChI is InChI=1S/C17H23NO2S/c19-17(13-14-7-10-20-11-8-14)18-9-1-3-15(18)5-6-16-4-2-12-21-16/h2,4-6,12,14-15H,1,3,7-11,13H2/b6-5+. The number of ether oxygens (including phenoxy) is 1. The molecule has 2 aliphatic heterocycles. The van der Waals surface area contributed by atoms with Crippen molar-refractivity contribution in [3.63, 3.8) is 0 Å². The third-order valence-electron chi connectivity index (χ3n) is 4.45. The summed E-state index contributed by atoms with van der Waals surface area (Å²) in [4.78, 5) is 15.9. The summed E-state index contributed by atoms with van der Waals surface area (Å²) in [7, 11) is 0. The third kappa shape index (κ3) is 3.95. The molecule has 2 fully saturated rings. The fourth-order valence-corrected chi connectivity index (χ4v) is 3.84. The van der Waals surface area contributed by atoms with Gasteiger partial charge in [-0.1, -0.05) is 12.1 Å². The van der Waals surface area contributed by atoms with E-state index >= 15 is 0 Å². The molecule has 114 valence electrons. The van der Waals surface area contributed by atoms with E-state index in [1.54, 1.807) is 11.3 Å². The van der Waals surface area contributed by atoms with Gasteiger partial charge < -0.3 is 9.64 Å². The van der Waals surface area contributed by atoms with Crippen LogP contribution in [0.3, 0.4) is 0 Å². The van der Waals surface area contributed by atoms with Crippen LogP contribution in [-0.4, -0.2) is 36.6 Å². The monoisotopic (exact) mass is 305 g/mol. The lowest BCUT2D eigenvalue weighted by Gasteiger charge is -2.27. The number of hydrogen-bond donors (Lipinski definition) is 0. The van der Waals surface area contributed by atoms with Gasteiger partial charge in [0.05, 0.1) is 6.04 Å². The van der Waals surface area contributed by atoms with Gasteiger partial charge in [-0.2, -0.15) is 0 Å². The van der Waals surface area contributed by atoms with Crippen molar-refractivity contribution < 1.29 is 9.53 Å². The maximum atomic E-state index is 12.5. The first-order valence-corrected chi connectivity index (χ1v) is 8.80. The van der Waals surface area contributed by atoms with Gasteiger partial charge in [-0.25, -0.2) is 0 Å². The van der Waals surface area contributed by atoms with Crippen LogP contribution in [0.5, 0.6) is 0 Å². The smallest absolute Gasteiger partial charge is 0.223 e. The summed E-state index contributed by atoms with van der Waals surface area (Å²) < 4.78 is 5.37. The average Bonchev–Trinajstić information content (AvgIpc) is 3.17.